The van der Waals surface area contributed by atoms with Crippen molar-refractivity contribution in [1.29, 1.82) is 0 Å². The first kappa shape index (κ1) is 10.5. The molecule has 1 rings (SSSR count). The van der Waals surface area contributed by atoms with Gasteiger partial charge in [-0.25, -0.2) is 0 Å². The van der Waals surface area contributed by atoms with E-state index in [1.165, 1.54) is 0 Å². The molecule has 0 saturated heterocycles. The number of hydrogen-bond acceptors (Lipinski definition) is 3. The van der Waals surface area contributed by atoms with Crippen molar-refractivity contribution in [2.24, 2.45) is 11.1 Å². The molecule has 0 heterocycles. The van der Waals surface area contributed by atoms with E-state index in [1.54, 1.807) is 0 Å². The molecule has 3 N–H and O–H groups in total. The van der Waals surface area contributed by atoms with Crippen LogP contribution in [0, 0.1) is 5.41 Å². The number of hydrogen-bond donors (Lipinski definition) is 2. The summed E-state index contributed by atoms with van der Waals surface area (Å²) in [6, 6.07) is 0. The van der Waals surface area contributed by atoms with E-state index in [4.69, 9.17) is 15.6 Å². The van der Waals surface area contributed by atoms with E-state index in [-0.39, 0.29) is 6.10 Å². The monoisotopic (exact) mass is 187 g/mol. The van der Waals surface area contributed by atoms with E-state index in [1.807, 2.05) is 20.8 Å². The van der Waals surface area contributed by atoms with E-state index < -0.39 is 16.9 Å². The Kier molecular flexibility index (Phi) is 2.38. The van der Waals surface area contributed by atoms with Gasteiger partial charge in [-0.1, -0.05) is 13.8 Å². The van der Waals surface area contributed by atoms with Crippen LogP contribution in [0.2, 0.25) is 0 Å². The molecule has 0 amide bonds. The minimum Gasteiger partial charge on any atom is -0.480 e. The van der Waals surface area contributed by atoms with Gasteiger partial charge in [0.05, 0.1) is 6.10 Å². The summed E-state index contributed by atoms with van der Waals surface area (Å²) < 4.78 is 5.40. The van der Waals surface area contributed by atoms with Crippen LogP contribution >= 0.6 is 0 Å². The second-order valence-electron chi connectivity index (χ2n) is 4.15. The van der Waals surface area contributed by atoms with Crippen LogP contribution in [0.5, 0.6) is 0 Å². The van der Waals surface area contributed by atoms with E-state index >= 15 is 0 Å². The van der Waals surface area contributed by atoms with Gasteiger partial charge in [0.25, 0.3) is 0 Å². The molecule has 0 bridgehead atoms. The lowest BCUT2D eigenvalue weighted by Gasteiger charge is -2.56. The van der Waals surface area contributed by atoms with Crippen LogP contribution in [0.1, 0.15) is 27.2 Å². The average molecular weight is 187 g/mol. The van der Waals surface area contributed by atoms with E-state index in [9.17, 15) is 4.79 Å². The molecule has 0 unspecified atom stereocenters. The third kappa shape index (κ3) is 1.25. The zero-order valence-electron chi connectivity index (χ0n) is 8.33. The molecule has 76 valence electrons. The van der Waals surface area contributed by atoms with Gasteiger partial charge in [-0.3, -0.25) is 4.79 Å². The number of carboxylic acids is 1. The topological polar surface area (TPSA) is 72.5 Å². The van der Waals surface area contributed by atoms with Crippen molar-refractivity contribution in [3.05, 3.63) is 0 Å². The maximum absolute atomic E-state index is 10.9. The fourth-order valence-corrected chi connectivity index (χ4v) is 1.80. The number of rotatable bonds is 3. The summed E-state index contributed by atoms with van der Waals surface area (Å²) in [7, 11) is 0. The first-order chi connectivity index (χ1) is 5.86. The van der Waals surface area contributed by atoms with Gasteiger partial charge in [0.15, 0.2) is 0 Å². The molecule has 0 spiro atoms. The Morgan fingerprint density at radius 3 is 2.54 bits per heavy atom. The lowest BCUT2D eigenvalue weighted by atomic mass is 9.54. The number of nitrogens with two attached hydrogens (primary N) is 1. The maximum Gasteiger partial charge on any atom is 0.324 e. The highest BCUT2D eigenvalue weighted by Crippen LogP contribution is 2.49. The highest BCUT2D eigenvalue weighted by molar-refractivity contribution is 5.81. The molecule has 4 nitrogen and oxygen atoms in total. The SMILES string of the molecule is CCO[C@@H]1C[C@@](N)(C(=O)O)C1(C)C. The first-order valence-electron chi connectivity index (χ1n) is 4.50. The second kappa shape index (κ2) is 2.96. The summed E-state index contributed by atoms with van der Waals surface area (Å²) in [5.74, 6) is -0.937. The Morgan fingerprint density at radius 1 is 1.69 bits per heavy atom. The van der Waals surface area contributed by atoms with Crippen LogP contribution < -0.4 is 5.73 Å². The Balaban J connectivity index is 2.73. The molecule has 0 aliphatic heterocycles. The Bertz CT molecular complexity index is 227. The third-order valence-corrected chi connectivity index (χ3v) is 3.21. The smallest absolute Gasteiger partial charge is 0.324 e. The first-order valence-corrected chi connectivity index (χ1v) is 4.50. The molecule has 1 aliphatic rings. The van der Waals surface area contributed by atoms with E-state index in [2.05, 4.69) is 0 Å². The molecule has 13 heavy (non-hydrogen) atoms. The van der Waals surface area contributed by atoms with Crippen molar-refractivity contribution in [3.63, 3.8) is 0 Å². The minimum absolute atomic E-state index is 0.0291. The van der Waals surface area contributed by atoms with Crippen LogP contribution in [0.3, 0.4) is 0 Å². The van der Waals surface area contributed by atoms with Crippen molar-refractivity contribution in [2.45, 2.75) is 38.8 Å². The molecule has 1 fully saturated rings. The summed E-state index contributed by atoms with van der Waals surface area (Å²) in [5.41, 5.74) is 4.17. The van der Waals surface area contributed by atoms with Crippen LogP contribution in [0.25, 0.3) is 0 Å². The number of carboxylic acid groups (broad SMARTS) is 1. The Labute approximate surface area is 78.1 Å². The Hall–Kier alpha value is -0.610. The summed E-state index contributed by atoms with van der Waals surface area (Å²) in [5, 5.41) is 8.93. The molecular weight excluding hydrogens is 170 g/mol. The van der Waals surface area contributed by atoms with Crippen LogP contribution in [0.15, 0.2) is 0 Å². The van der Waals surface area contributed by atoms with Crippen LogP contribution in [-0.4, -0.2) is 29.3 Å². The fraction of sp³-hybridized carbons (Fsp3) is 0.889. The zero-order chi connectivity index (χ0) is 10.3. The minimum atomic E-state index is -1.12. The van der Waals surface area contributed by atoms with Crippen molar-refractivity contribution < 1.29 is 14.6 Å². The molecule has 4 heteroatoms. The molecule has 1 aliphatic carbocycles. The third-order valence-electron chi connectivity index (χ3n) is 3.21. The standard InChI is InChI=1S/C9H17NO3/c1-4-13-6-5-9(10,7(11)12)8(6,2)3/h6H,4-5,10H2,1-3H3,(H,11,12)/t6-,9-/m1/s1. The summed E-state index contributed by atoms with van der Waals surface area (Å²) >= 11 is 0. The molecule has 0 aromatic rings. The van der Waals surface area contributed by atoms with Crippen molar-refractivity contribution in [3.8, 4) is 0 Å². The normalized spacial score (nSPS) is 36.8. The van der Waals surface area contributed by atoms with E-state index in [0.717, 1.165) is 0 Å². The van der Waals surface area contributed by atoms with Gasteiger partial charge >= 0.3 is 5.97 Å². The van der Waals surface area contributed by atoms with Gasteiger partial charge in [0.1, 0.15) is 5.54 Å². The lowest BCUT2D eigenvalue weighted by molar-refractivity contribution is -0.184. The van der Waals surface area contributed by atoms with Gasteiger partial charge in [0, 0.05) is 18.4 Å². The van der Waals surface area contributed by atoms with Gasteiger partial charge in [-0.2, -0.15) is 0 Å². The molecule has 2 atom stereocenters. The molecule has 1 saturated carbocycles. The summed E-state index contributed by atoms with van der Waals surface area (Å²) in [4.78, 5) is 10.9. The number of aliphatic carboxylic acids is 1. The van der Waals surface area contributed by atoms with Crippen molar-refractivity contribution in [2.75, 3.05) is 6.61 Å². The van der Waals surface area contributed by atoms with E-state index in [0.29, 0.717) is 13.0 Å². The fourth-order valence-electron chi connectivity index (χ4n) is 1.80. The molecule has 0 aromatic heterocycles. The molecule has 0 radical (unpaired) electrons. The predicted octanol–water partition coefficient (Wildman–Crippen LogP) is 0.603. The quantitative estimate of drug-likeness (QED) is 0.678. The molecule has 0 aromatic carbocycles. The average Bonchev–Trinajstić information content (AvgIpc) is 2.03. The number of ether oxygens (including phenoxy) is 1. The van der Waals surface area contributed by atoms with Crippen molar-refractivity contribution >= 4 is 5.97 Å². The Morgan fingerprint density at radius 2 is 2.23 bits per heavy atom. The van der Waals surface area contributed by atoms with Gasteiger partial charge < -0.3 is 15.6 Å². The zero-order valence-corrected chi connectivity index (χ0v) is 8.33. The second-order valence-corrected chi connectivity index (χ2v) is 4.15. The maximum atomic E-state index is 10.9. The van der Waals surface area contributed by atoms with Gasteiger partial charge in [-0.15, -0.1) is 0 Å². The largest absolute Gasteiger partial charge is 0.480 e. The lowest BCUT2D eigenvalue weighted by Crippen LogP contribution is -2.73. The number of carbonyl (C=O) groups is 1. The highest BCUT2D eigenvalue weighted by Gasteiger charge is 2.63. The predicted molar refractivity (Wildman–Crippen MR) is 48.4 cm³/mol. The van der Waals surface area contributed by atoms with Gasteiger partial charge in [0.2, 0.25) is 0 Å². The van der Waals surface area contributed by atoms with Gasteiger partial charge in [-0.05, 0) is 6.92 Å². The van der Waals surface area contributed by atoms with Crippen LogP contribution in [0.4, 0.5) is 0 Å². The molecular formula is C9H17NO3. The van der Waals surface area contributed by atoms with Crippen LogP contribution in [-0.2, 0) is 9.53 Å². The summed E-state index contributed by atoms with van der Waals surface area (Å²) in [6.07, 6.45) is 0.377. The summed E-state index contributed by atoms with van der Waals surface area (Å²) in [6.45, 7) is 6.17. The van der Waals surface area contributed by atoms with Crippen molar-refractivity contribution in [1.82, 2.24) is 0 Å². The highest BCUT2D eigenvalue weighted by atomic mass is 16.5.